The molecule has 1 N–H and O–H groups in total. The van der Waals surface area contributed by atoms with E-state index < -0.39 is 0 Å². The smallest absolute Gasteiger partial charge is 0.158 e. The molecule has 4 heterocycles. The minimum atomic E-state index is 0.143. The van der Waals surface area contributed by atoms with Crippen molar-refractivity contribution < 1.29 is 9.47 Å². The molecule has 14 heavy (non-hydrogen) atoms. The van der Waals surface area contributed by atoms with Crippen molar-refractivity contribution in [3.63, 3.8) is 0 Å². The zero-order chi connectivity index (χ0) is 9.12. The molecule has 3 heteroatoms. The normalized spacial score (nSPS) is 60.0. The summed E-state index contributed by atoms with van der Waals surface area (Å²) in [6, 6.07) is 1.51. The van der Waals surface area contributed by atoms with E-state index in [1.807, 2.05) is 0 Å². The topological polar surface area (TPSA) is 30.5 Å². The van der Waals surface area contributed by atoms with E-state index in [4.69, 9.17) is 9.47 Å². The molecule has 6 unspecified atom stereocenters. The van der Waals surface area contributed by atoms with Gasteiger partial charge in [0.1, 0.15) is 0 Å². The van der Waals surface area contributed by atoms with E-state index in [1.165, 1.54) is 25.7 Å². The molecule has 0 saturated carbocycles. The highest BCUT2D eigenvalue weighted by atomic mass is 16.7. The van der Waals surface area contributed by atoms with Crippen LogP contribution in [0.2, 0.25) is 0 Å². The van der Waals surface area contributed by atoms with Gasteiger partial charge in [0.15, 0.2) is 6.29 Å². The summed E-state index contributed by atoms with van der Waals surface area (Å²) in [6.45, 7) is 0. The fourth-order valence-corrected chi connectivity index (χ4v) is 3.84. The van der Waals surface area contributed by atoms with E-state index in [0.717, 1.165) is 24.4 Å². The first-order chi connectivity index (χ1) is 6.90. The summed E-state index contributed by atoms with van der Waals surface area (Å²) < 4.78 is 11.7. The summed E-state index contributed by atoms with van der Waals surface area (Å²) >= 11 is 0. The van der Waals surface area contributed by atoms with Crippen molar-refractivity contribution in [1.29, 1.82) is 0 Å². The molecule has 4 fully saturated rings. The summed E-state index contributed by atoms with van der Waals surface area (Å²) in [4.78, 5) is 0. The second-order valence-corrected chi connectivity index (χ2v) is 5.23. The first-order valence-corrected chi connectivity index (χ1v) is 5.97. The monoisotopic (exact) mass is 195 g/mol. The van der Waals surface area contributed by atoms with Crippen LogP contribution in [0.25, 0.3) is 0 Å². The maximum atomic E-state index is 5.93. The molecule has 0 aliphatic carbocycles. The van der Waals surface area contributed by atoms with Crippen molar-refractivity contribution >= 4 is 0 Å². The average molecular weight is 195 g/mol. The molecular weight excluding hydrogens is 178 g/mol. The van der Waals surface area contributed by atoms with Crippen LogP contribution in [-0.2, 0) is 9.47 Å². The number of rotatable bonds is 1. The number of hydrogen-bond acceptors (Lipinski definition) is 3. The van der Waals surface area contributed by atoms with E-state index in [9.17, 15) is 0 Å². The van der Waals surface area contributed by atoms with E-state index in [-0.39, 0.29) is 6.29 Å². The van der Waals surface area contributed by atoms with Gasteiger partial charge in [-0.2, -0.15) is 0 Å². The summed E-state index contributed by atoms with van der Waals surface area (Å²) in [7, 11) is 0. The molecule has 4 aliphatic heterocycles. The molecule has 0 aromatic carbocycles. The number of hydrogen-bond donors (Lipinski definition) is 1. The predicted octanol–water partition coefficient (Wildman–Crippen LogP) is 1.03. The molecule has 6 atom stereocenters. The van der Waals surface area contributed by atoms with Crippen molar-refractivity contribution in [3.8, 4) is 0 Å². The molecule has 0 radical (unpaired) electrons. The van der Waals surface area contributed by atoms with Crippen LogP contribution in [0.4, 0.5) is 0 Å². The number of ether oxygens (including phenoxy) is 2. The first-order valence-electron chi connectivity index (χ1n) is 5.97. The quantitative estimate of drug-likeness (QED) is 0.678. The van der Waals surface area contributed by atoms with Crippen molar-refractivity contribution in [2.45, 2.75) is 62.7 Å². The summed E-state index contributed by atoms with van der Waals surface area (Å²) in [5.41, 5.74) is 0. The largest absolute Gasteiger partial charge is 0.347 e. The molecule has 0 amide bonds. The molecule has 0 aromatic rings. The zero-order valence-electron chi connectivity index (χ0n) is 8.32. The van der Waals surface area contributed by atoms with Gasteiger partial charge in [0.25, 0.3) is 0 Å². The van der Waals surface area contributed by atoms with Crippen molar-refractivity contribution in [3.05, 3.63) is 0 Å². The van der Waals surface area contributed by atoms with Gasteiger partial charge in [-0.3, -0.25) is 0 Å². The Balaban J connectivity index is 1.54. The summed E-state index contributed by atoms with van der Waals surface area (Å²) in [6.07, 6.45) is 7.38. The van der Waals surface area contributed by atoms with E-state index >= 15 is 0 Å². The van der Waals surface area contributed by atoms with Crippen molar-refractivity contribution in [2.24, 2.45) is 5.92 Å². The van der Waals surface area contributed by atoms with E-state index in [2.05, 4.69) is 5.32 Å². The number of fused-ring (bicyclic) bond motifs is 4. The van der Waals surface area contributed by atoms with Gasteiger partial charge in [-0.25, -0.2) is 0 Å². The van der Waals surface area contributed by atoms with E-state index in [1.54, 1.807) is 0 Å². The summed E-state index contributed by atoms with van der Waals surface area (Å²) in [5.74, 6) is 0.740. The molecule has 4 saturated heterocycles. The maximum Gasteiger partial charge on any atom is 0.158 e. The molecular formula is C11H17NO2. The van der Waals surface area contributed by atoms with Crippen LogP contribution in [-0.4, -0.2) is 30.6 Å². The van der Waals surface area contributed by atoms with Crippen LogP contribution >= 0.6 is 0 Å². The minimum Gasteiger partial charge on any atom is -0.347 e. The van der Waals surface area contributed by atoms with E-state index in [0.29, 0.717) is 12.2 Å². The fraction of sp³-hybridized carbons (Fsp3) is 1.00. The highest BCUT2D eigenvalue weighted by Gasteiger charge is 2.51. The third-order valence-corrected chi connectivity index (χ3v) is 4.46. The van der Waals surface area contributed by atoms with Crippen LogP contribution in [0.15, 0.2) is 0 Å². The molecule has 0 spiro atoms. The molecule has 4 rings (SSSR count). The van der Waals surface area contributed by atoms with Crippen LogP contribution in [0.3, 0.4) is 0 Å². The van der Waals surface area contributed by atoms with Crippen LogP contribution in [0, 0.1) is 5.92 Å². The molecule has 0 aromatic heterocycles. The Hall–Kier alpha value is -0.120. The Morgan fingerprint density at radius 2 is 2.00 bits per heavy atom. The van der Waals surface area contributed by atoms with Gasteiger partial charge in [-0.05, 0) is 25.7 Å². The highest BCUT2D eigenvalue weighted by Crippen LogP contribution is 2.44. The standard InChI is InChI=1S/C11H17NO2/c1-2-8-7(5-6(1)12-8)11-9-3-4-10(13-9)14-11/h6-12H,1-5H2. The van der Waals surface area contributed by atoms with Gasteiger partial charge in [-0.1, -0.05) is 0 Å². The predicted molar refractivity (Wildman–Crippen MR) is 50.8 cm³/mol. The molecule has 78 valence electrons. The third kappa shape index (κ3) is 0.980. The number of nitrogens with one attached hydrogen (secondary N) is 1. The first kappa shape index (κ1) is 8.08. The van der Waals surface area contributed by atoms with Crippen molar-refractivity contribution in [2.75, 3.05) is 0 Å². The second-order valence-electron chi connectivity index (χ2n) is 5.23. The maximum absolute atomic E-state index is 5.93. The molecule has 4 bridgehead atoms. The van der Waals surface area contributed by atoms with Gasteiger partial charge in [-0.15, -0.1) is 0 Å². The lowest BCUT2D eigenvalue weighted by Crippen LogP contribution is -2.39. The summed E-state index contributed by atoms with van der Waals surface area (Å²) in [5, 5.41) is 3.68. The second kappa shape index (κ2) is 2.71. The van der Waals surface area contributed by atoms with Gasteiger partial charge < -0.3 is 14.8 Å². The SMILES string of the molecule is C1CC2NC1CC2C1OC2CCC1O2. The van der Waals surface area contributed by atoms with Crippen LogP contribution < -0.4 is 5.32 Å². The Kier molecular flexibility index (Phi) is 1.57. The van der Waals surface area contributed by atoms with Crippen LogP contribution in [0.5, 0.6) is 0 Å². The lowest BCUT2D eigenvalue weighted by atomic mass is 9.82. The zero-order valence-corrected chi connectivity index (χ0v) is 8.32. The lowest BCUT2D eigenvalue weighted by molar-refractivity contribution is -0.0629. The Morgan fingerprint density at radius 1 is 1.00 bits per heavy atom. The Morgan fingerprint density at radius 3 is 2.57 bits per heavy atom. The highest BCUT2D eigenvalue weighted by molar-refractivity contribution is 5.03. The molecule has 4 aliphatic rings. The van der Waals surface area contributed by atoms with Crippen LogP contribution in [0.1, 0.15) is 32.1 Å². The Bertz CT molecular complexity index is 232. The van der Waals surface area contributed by atoms with Gasteiger partial charge >= 0.3 is 0 Å². The van der Waals surface area contributed by atoms with Crippen molar-refractivity contribution in [1.82, 2.24) is 5.32 Å². The van der Waals surface area contributed by atoms with Gasteiger partial charge in [0, 0.05) is 24.4 Å². The van der Waals surface area contributed by atoms with Gasteiger partial charge in [0.05, 0.1) is 12.2 Å². The van der Waals surface area contributed by atoms with Gasteiger partial charge in [0.2, 0.25) is 0 Å². The molecule has 3 nitrogen and oxygen atoms in total. The lowest BCUT2D eigenvalue weighted by Gasteiger charge is -2.29. The average Bonchev–Trinajstić information content (AvgIpc) is 2.96. The minimum absolute atomic E-state index is 0.143. The third-order valence-electron chi connectivity index (χ3n) is 4.46. The fourth-order valence-electron chi connectivity index (χ4n) is 3.84. The Labute approximate surface area is 84.1 Å².